The van der Waals surface area contributed by atoms with Crippen LogP contribution in [0, 0.1) is 0 Å². The molecule has 0 aliphatic carbocycles. The molecule has 2 heterocycles. The predicted molar refractivity (Wildman–Crippen MR) is 122 cm³/mol. The van der Waals surface area contributed by atoms with Crippen molar-refractivity contribution < 1.29 is 4.74 Å². The summed E-state index contributed by atoms with van der Waals surface area (Å²) in [6, 6.07) is 9.71. The molecule has 4 nitrogen and oxygen atoms in total. The number of rotatable bonds is 6. The molecule has 1 aliphatic heterocycles. The molecular formula is C22H24Cl3N3O. The van der Waals surface area contributed by atoms with Gasteiger partial charge in [0.1, 0.15) is 5.52 Å². The minimum atomic E-state index is 0.394. The Bertz CT molecular complexity index is 1030. The molecule has 0 amide bonds. The maximum Gasteiger partial charge on any atom is 0.211 e. The number of halogens is 3. The van der Waals surface area contributed by atoms with Gasteiger partial charge >= 0.3 is 0 Å². The Hall–Kier alpha value is -1.46. The molecule has 29 heavy (non-hydrogen) atoms. The van der Waals surface area contributed by atoms with Crippen LogP contribution in [0.5, 0.6) is 0 Å². The molecule has 0 saturated carbocycles. The van der Waals surface area contributed by atoms with Crippen LogP contribution in [-0.4, -0.2) is 29.8 Å². The second kappa shape index (κ2) is 8.73. The van der Waals surface area contributed by atoms with E-state index in [1.54, 1.807) is 13.2 Å². The Balaban J connectivity index is 1.88. The van der Waals surface area contributed by atoms with Crippen LogP contribution in [0.4, 0.5) is 11.6 Å². The molecule has 154 valence electrons. The fourth-order valence-electron chi connectivity index (χ4n) is 4.22. The topological polar surface area (TPSA) is 30.3 Å². The first-order valence-electron chi connectivity index (χ1n) is 9.95. The van der Waals surface area contributed by atoms with Crippen molar-refractivity contribution in [2.45, 2.75) is 38.6 Å². The van der Waals surface area contributed by atoms with Crippen molar-refractivity contribution in [2.24, 2.45) is 0 Å². The lowest BCUT2D eigenvalue weighted by Gasteiger charge is -2.30. The second-order valence-corrected chi connectivity index (χ2v) is 8.64. The number of benzene rings is 2. The molecule has 0 bridgehead atoms. The SMILES string of the molecule is CCC(CCOC)c1ccc(Cl)c2nc3n(c12)CCCN3c1ccc(Cl)cc1Cl. The molecular weight excluding hydrogens is 429 g/mol. The van der Waals surface area contributed by atoms with Crippen LogP contribution in [-0.2, 0) is 11.3 Å². The van der Waals surface area contributed by atoms with Gasteiger partial charge in [0.05, 0.1) is 21.2 Å². The Morgan fingerprint density at radius 1 is 1.10 bits per heavy atom. The van der Waals surface area contributed by atoms with E-state index in [1.165, 1.54) is 5.56 Å². The van der Waals surface area contributed by atoms with Gasteiger partial charge in [-0.3, -0.25) is 0 Å². The Morgan fingerprint density at radius 2 is 1.93 bits per heavy atom. The third-order valence-electron chi connectivity index (χ3n) is 5.66. The highest BCUT2D eigenvalue weighted by molar-refractivity contribution is 6.36. The number of anilines is 2. The van der Waals surface area contributed by atoms with E-state index in [2.05, 4.69) is 22.5 Å². The number of nitrogens with zero attached hydrogens (tertiary/aromatic N) is 3. The number of imidazole rings is 1. The number of methoxy groups -OCH3 is 1. The summed E-state index contributed by atoms with van der Waals surface area (Å²) in [7, 11) is 1.75. The summed E-state index contributed by atoms with van der Waals surface area (Å²) in [4.78, 5) is 7.13. The molecule has 1 aliphatic rings. The lowest BCUT2D eigenvalue weighted by molar-refractivity contribution is 0.187. The summed E-state index contributed by atoms with van der Waals surface area (Å²) < 4.78 is 7.63. The lowest BCUT2D eigenvalue weighted by atomic mass is 9.92. The maximum absolute atomic E-state index is 6.58. The molecule has 4 rings (SSSR count). The van der Waals surface area contributed by atoms with Gasteiger partial charge in [-0.15, -0.1) is 0 Å². The average Bonchev–Trinajstić information content (AvgIpc) is 3.11. The third kappa shape index (κ3) is 3.84. The highest BCUT2D eigenvalue weighted by Gasteiger charge is 2.27. The van der Waals surface area contributed by atoms with Crippen molar-refractivity contribution in [3.05, 3.63) is 51.0 Å². The highest BCUT2D eigenvalue weighted by atomic mass is 35.5. The van der Waals surface area contributed by atoms with Crippen molar-refractivity contribution in [3.8, 4) is 0 Å². The minimum absolute atomic E-state index is 0.394. The van der Waals surface area contributed by atoms with Gasteiger partial charge in [-0.05, 0) is 55.0 Å². The van der Waals surface area contributed by atoms with Crippen LogP contribution in [0.2, 0.25) is 15.1 Å². The second-order valence-electron chi connectivity index (χ2n) is 7.38. The van der Waals surface area contributed by atoms with Crippen molar-refractivity contribution in [3.63, 3.8) is 0 Å². The van der Waals surface area contributed by atoms with Gasteiger partial charge in [0.2, 0.25) is 5.95 Å². The summed E-state index contributed by atoms with van der Waals surface area (Å²) in [6.07, 6.45) is 3.00. The number of fused-ring (bicyclic) bond motifs is 3. The van der Waals surface area contributed by atoms with Gasteiger partial charge in [0.25, 0.3) is 0 Å². The molecule has 1 atom stereocenters. The standard InChI is InChI=1S/C22H24Cl3N3O/c1-3-14(9-12-29-2)16-6-7-17(24)20-21(16)28-11-4-10-27(22(28)26-20)19-8-5-15(23)13-18(19)25/h5-8,13-14H,3-4,9-12H2,1-2H3. The summed E-state index contributed by atoms with van der Waals surface area (Å²) in [5.74, 6) is 1.27. The summed E-state index contributed by atoms with van der Waals surface area (Å²) >= 11 is 19.2. The van der Waals surface area contributed by atoms with E-state index < -0.39 is 0 Å². The van der Waals surface area contributed by atoms with E-state index in [0.29, 0.717) is 21.0 Å². The maximum atomic E-state index is 6.58. The van der Waals surface area contributed by atoms with Crippen molar-refractivity contribution in [1.29, 1.82) is 0 Å². The van der Waals surface area contributed by atoms with Gasteiger partial charge < -0.3 is 14.2 Å². The van der Waals surface area contributed by atoms with Gasteiger partial charge in [-0.25, -0.2) is 4.98 Å². The van der Waals surface area contributed by atoms with Crippen molar-refractivity contribution in [1.82, 2.24) is 9.55 Å². The molecule has 0 fully saturated rings. The van der Waals surface area contributed by atoms with E-state index in [9.17, 15) is 0 Å². The number of hydrogen-bond acceptors (Lipinski definition) is 3. The molecule has 2 aromatic carbocycles. The summed E-state index contributed by atoms with van der Waals surface area (Å²) in [6.45, 7) is 4.70. The van der Waals surface area contributed by atoms with Gasteiger partial charge in [-0.1, -0.05) is 47.8 Å². The predicted octanol–water partition coefficient (Wildman–Crippen LogP) is 7.07. The van der Waals surface area contributed by atoms with Crippen LogP contribution in [0.25, 0.3) is 11.0 Å². The smallest absolute Gasteiger partial charge is 0.211 e. The van der Waals surface area contributed by atoms with Crippen LogP contribution in [0.3, 0.4) is 0 Å². The minimum Gasteiger partial charge on any atom is -0.385 e. The van der Waals surface area contributed by atoms with E-state index in [-0.39, 0.29) is 0 Å². The first kappa shape index (κ1) is 20.8. The summed E-state index contributed by atoms with van der Waals surface area (Å²) in [5.41, 5.74) is 4.18. The van der Waals surface area contributed by atoms with Gasteiger partial charge in [0, 0.05) is 31.8 Å². The van der Waals surface area contributed by atoms with E-state index in [4.69, 9.17) is 44.5 Å². The van der Waals surface area contributed by atoms with E-state index in [0.717, 1.165) is 61.6 Å². The van der Waals surface area contributed by atoms with E-state index >= 15 is 0 Å². The monoisotopic (exact) mass is 451 g/mol. The van der Waals surface area contributed by atoms with Crippen LogP contribution >= 0.6 is 34.8 Å². The number of aromatic nitrogens is 2. The zero-order chi connectivity index (χ0) is 20.5. The van der Waals surface area contributed by atoms with Crippen LogP contribution in [0.15, 0.2) is 30.3 Å². The largest absolute Gasteiger partial charge is 0.385 e. The average molecular weight is 453 g/mol. The Morgan fingerprint density at radius 3 is 2.66 bits per heavy atom. The highest BCUT2D eigenvalue weighted by Crippen LogP contribution is 2.41. The lowest BCUT2D eigenvalue weighted by Crippen LogP contribution is -2.28. The molecule has 3 aromatic rings. The zero-order valence-corrected chi connectivity index (χ0v) is 18.9. The number of ether oxygens (including phenoxy) is 1. The molecule has 0 N–H and O–H groups in total. The molecule has 0 spiro atoms. The fourth-order valence-corrected chi connectivity index (χ4v) is 4.93. The summed E-state index contributed by atoms with van der Waals surface area (Å²) in [5, 5.41) is 1.92. The van der Waals surface area contributed by atoms with Crippen molar-refractivity contribution >= 4 is 57.5 Å². The molecule has 7 heteroatoms. The van der Waals surface area contributed by atoms with Crippen LogP contribution in [0.1, 0.15) is 37.7 Å². The van der Waals surface area contributed by atoms with Gasteiger partial charge in [-0.2, -0.15) is 0 Å². The van der Waals surface area contributed by atoms with Crippen molar-refractivity contribution in [2.75, 3.05) is 25.2 Å². The normalized spacial score (nSPS) is 15.0. The molecule has 0 radical (unpaired) electrons. The van der Waals surface area contributed by atoms with E-state index in [1.807, 2.05) is 18.2 Å². The zero-order valence-electron chi connectivity index (χ0n) is 16.6. The quantitative estimate of drug-likeness (QED) is 0.401. The fraction of sp³-hybridized carbons (Fsp3) is 0.409. The number of aryl methyl sites for hydroxylation is 1. The Labute approximate surface area is 186 Å². The first-order chi connectivity index (χ1) is 14.0. The third-order valence-corrected chi connectivity index (χ3v) is 6.51. The van der Waals surface area contributed by atoms with Crippen LogP contribution < -0.4 is 4.90 Å². The Kier molecular flexibility index (Phi) is 6.26. The first-order valence-corrected chi connectivity index (χ1v) is 11.1. The van der Waals surface area contributed by atoms with Gasteiger partial charge in [0.15, 0.2) is 0 Å². The molecule has 0 saturated heterocycles. The molecule has 1 unspecified atom stereocenters. The number of hydrogen-bond donors (Lipinski definition) is 0. The molecule has 1 aromatic heterocycles.